The molecule has 96 valence electrons. The van der Waals surface area contributed by atoms with Crippen LogP contribution in [0.2, 0.25) is 0 Å². The van der Waals surface area contributed by atoms with Gasteiger partial charge >= 0.3 is 0 Å². The van der Waals surface area contributed by atoms with Crippen molar-refractivity contribution in [3.63, 3.8) is 0 Å². The molecule has 0 spiro atoms. The number of rotatable bonds is 3. The predicted octanol–water partition coefficient (Wildman–Crippen LogP) is 2.61. The van der Waals surface area contributed by atoms with Crippen molar-refractivity contribution in [2.75, 3.05) is 12.0 Å². The van der Waals surface area contributed by atoms with Gasteiger partial charge in [-0.15, -0.1) is 0 Å². The molecule has 2 aromatic rings. The molecule has 1 fully saturated rings. The number of imidazole rings is 1. The van der Waals surface area contributed by atoms with E-state index < -0.39 is 0 Å². The van der Waals surface area contributed by atoms with Gasteiger partial charge in [0.15, 0.2) is 5.65 Å². The maximum Gasteiger partial charge on any atom is 0.202 e. The lowest BCUT2D eigenvalue weighted by atomic mass is 9.84. The van der Waals surface area contributed by atoms with Gasteiger partial charge in [0, 0.05) is 17.0 Å². The van der Waals surface area contributed by atoms with Gasteiger partial charge in [-0.25, -0.2) is 9.97 Å². The van der Waals surface area contributed by atoms with Crippen LogP contribution in [0.25, 0.3) is 11.2 Å². The lowest BCUT2D eigenvalue weighted by molar-refractivity contribution is 0.326. The highest BCUT2D eigenvalue weighted by Crippen LogP contribution is 2.44. The molecule has 0 atom stereocenters. The Balaban J connectivity index is 2.05. The summed E-state index contributed by atoms with van der Waals surface area (Å²) < 4.78 is 2.42. The molecule has 0 bridgehead atoms. The summed E-state index contributed by atoms with van der Waals surface area (Å²) in [5, 5.41) is 0. The average molecular weight is 262 g/mol. The molecule has 3 rings (SSSR count). The van der Waals surface area contributed by atoms with Crippen LogP contribution in [0.5, 0.6) is 0 Å². The molecule has 0 unspecified atom stereocenters. The number of hydrogen-bond donors (Lipinski definition) is 1. The fourth-order valence-electron chi connectivity index (χ4n) is 2.56. The molecule has 2 aromatic heterocycles. The highest BCUT2D eigenvalue weighted by atomic mass is 32.2. The minimum atomic E-state index is 0.340. The van der Waals surface area contributed by atoms with Crippen LogP contribution in [-0.2, 0) is 6.54 Å². The minimum Gasteiger partial charge on any atom is -0.369 e. The molecule has 4 nitrogen and oxygen atoms in total. The first kappa shape index (κ1) is 11.8. The van der Waals surface area contributed by atoms with E-state index >= 15 is 0 Å². The van der Waals surface area contributed by atoms with Gasteiger partial charge in [0.2, 0.25) is 5.95 Å². The number of nitrogen functional groups attached to an aromatic ring is 1. The zero-order valence-electron chi connectivity index (χ0n) is 10.8. The Labute approximate surface area is 111 Å². The molecule has 5 heteroatoms. The quantitative estimate of drug-likeness (QED) is 0.923. The summed E-state index contributed by atoms with van der Waals surface area (Å²) in [7, 11) is 0. The Morgan fingerprint density at radius 2 is 2.17 bits per heavy atom. The Bertz CT molecular complexity index is 580. The minimum absolute atomic E-state index is 0.340. The van der Waals surface area contributed by atoms with Gasteiger partial charge in [0.25, 0.3) is 0 Å². The molecular formula is C13H18N4S. The van der Waals surface area contributed by atoms with E-state index in [1.54, 1.807) is 0 Å². The molecule has 1 aliphatic rings. The number of hydrogen-bond acceptors (Lipinski definition) is 4. The second-order valence-corrected chi connectivity index (χ2v) is 6.37. The number of nitrogens with zero attached hydrogens (tertiary/aromatic N) is 3. The maximum absolute atomic E-state index is 6.05. The Kier molecular flexibility index (Phi) is 2.73. The Morgan fingerprint density at radius 3 is 2.78 bits per heavy atom. The van der Waals surface area contributed by atoms with Crippen LogP contribution in [0.1, 0.15) is 25.0 Å². The van der Waals surface area contributed by atoms with Gasteiger partial charge in [0.05, 0.1) is 0 Å². The van der Waals surface area contributed by atoms with E-state index in [0.29, 0.717) is 10.7 Å². The van der Waals surface area contributed by atoms with Crippen LogP contribution in [0.3, 0.4) is 0 Å². The van der Waals surface area contributed by atoms with Crippen LogP contribution in [-0.4, -0.2) is 25.5 Å². The summed E-state index contributed by atoms with van der Waals surface area (Å²) in [6.07, 6.45) is 6.03. The summed E-state index contributed by atoms with van der Waals surface area (Å²) in [5.41, 5.74) is 8.88. The smallest absolute Gasteiger partial charge is 0.202 e. The molecule has 1 saturated carbocycles. The van der Waals surface area contributed by atoms with Crippen molar-refractivity contribution < 1.29 is 0 Å². The zero-order chi connectivity index (χ0) is 12.8. The van der Waals surface area contributed by atoms with Gasteiger partial charge in [-0.05, 0) is 38.2 Å². The third-order valence-corrected chi connectivity index (χ3v) is 5.31. The molecule has 0 aromatic carbocycles. The molecular weight excluding hydrogens is 244 g/mol. The van der Waals surface area contributed by atoms with Gasteiger partial charge in [0.1, 0.15) is 5.52 Å². The van der Waals surface area contributed by atoms with Crippen molar-refractivity contribution in [1.29, 1.82) is 0 Å². The van der Waals surface area contributed by atoms with Crippen molar-refractivity contribution in [2.24, 2.45) is 0 Å². The summed E-state index contributed by atoms with van der Waals surface area (Å²) >= 11 is 1.95. The number of aryl methyl sites for hydroxylation is 1. The topological polar surface area (TPSA) is 56.7 Å². The lowest BCUT2D eigenvalue weighted by Crippen LogP contribution is -2.38. The summed E-state index contributed by atoms with van der Waals surface area (Å²) in [4.78, 5) is 8.98. The number of pyridine rings is 1. The van der Waals surface area contributed by atoms with Crippen LogP contribution < -0.4 is 5.73 Å². The average Bonchev–Trinajstić information content (AvgIpc) is 2.60. The van der Waals surface area contributed by atoms with E-state index in [4.69, 9.17) is 5.73 Å². The third kappa shape index (κ3) is 1.77. The molecule has 1 aliphatic carbocycles. The zero-order valence-corrected chi connectivity index (χ0v) is 11.6. The van der Waals surface area contributed by atoms with E-state index in [1.807, 2.05) is 30.8 Å². The normalized spacial score (nSPS) is 17.9. The molecule has 0 radical (unpaired) electrons. The van der Waals surface area contributed by atoms with Crippen LogP contribution in [0.4, 0.5) is 5.95 Å². The molecule has 18 heavy (non-hydrogen) atoms. The second-order valence-electron chi connectivity index (χ2n) is 5.09. The highest BCUT2D eigenvalue weighted by Gasteiger charge is 2.37. The van der Waals surface area contributed by atoms with Gasteiger partial charge < -0.3 is 5.73 Å². The van der Waals surface area contributed by atoms with E-state index in [9.17, 15) is 0 Å². The maximum atomic E-state index is 6.05. The monoisotopic (exact) mass is 262 g/mol. The summed E-state index contributed by atoms with van der Waals surface area (Å²) in [5.74, 6) is 0.587. The number of fused-ring (bicyclic) bond motifs is 1. The highest BCUT2D eigenvalue weighted by molar-refractivity contribution is 8.00. The molecule has 2 N–H and O–H groups in total. The van der Waals surface area contributed by atoms with E-state index in [1.165, 1.54) is 19.3 Å². The first-order chi connectivity index (χ1) is 8.63. The summed E-state index contributed by atoms with van der Waals surface area (Å²) in [6.45, 7) is 2.92. The molecule has 2 heterocycles. The standard InChI is InChI=1S/C13H18N4S/c1-9-4-5-10-11(15-9)17(12(14)16-10)8-13(18-2)6-3-7-13/h4-5H,3,6-8H2,1-2H3,(H2,14,16). The van der Waals surface area contributed by atoms with Crippen LogP contribution in [0.15, 0.2) is 12.1 Å². The number of anilines is 1. The van der Waals surface area contributed by atoms with Crippen molar-refractivity contribution in [2.45, 2.75) is 37.5 Å². The first-order valence-electron chi connectivity index (χ1n) is 6.28. The van der Waals surface area contributed by atoms with Crippen molar-refractivity contribution in [3.05, 3.63) is 17.8 Å². The second kappa shape index (κ2) is 4.16. The van der Waals surface area contributed by atoms with E-state index in [2.05, 4.69) is 20.8 Å². The molecule has 0 aliphatic heterocycles. The fraction of sp³-hybridized carbons (Fsp3) is 0.538. The van der Waals surface area contributed by atoms with E-state index in [0.717, 1.165) is 23.4 Å². The summed E-state index contributed by atoms with van der Waals surface area (Å²) in [6, 6.07) is 3.98. The van der Waals surface area contributed by atoms with Gasteiger partial charge in [-0.2, -0.15) is 11.8 Å². The predicted molar refractivity (Wildman–Crippen MR) is 76.8 cm³/mol. The molecule has 0 amide bonds. The first-order valence-corrected chi connectivity index (χ1v) is 7.51. The van der Waals surface area contributed by atoms with E-state index in [-0.39, 0.29) is 0 Å². The van der Waals surface area contributed by atoms with Crippen molar-refractivity contribution in [3.8, 4) is 0 Å². The number of aromatic nitrogens is 3. The SMILES string of the molecule is CSC1(Cn2c(N)nc3ccc(C)nc32)CCC1. The third-order valence-electron chi connectivity index (χ3n) is 3.91. The van der Waals surface area contributed by atoms with Crippen molar-refractivity contribution >= 4 is 28.9 Å². The Hall–Kier alpha value is -1.23. The Morgan fingerprint density at radius 1 is 1.39 bits per heavy atom. The lowest BCUT2D eigenvalue weighted by Gasteiger charge is -2.40. The number of nitrogens with two attached hydrogens (primary N) is 1. The van der Waals surface area contributed by atoms with Crippen LogP contribution >= 0.6 is 11.8 Å². The largest absolute Gasteiger partial charge is 0.369 e. The number of thioether (sulfide) groups is 1. The molecule has 0 saturated heterocycles. The van der Waals surface area contributed by atoms with Gasteiger partial charge in [-0.1, -0.05) is 6.42 Å². The van der Waals surface area contributed by atoms with Crippen molar-refractivity contribution in [1.82, 2.24) is 14.5 Å². The van der Waals surface area contributed by atoms with Crippen LogP contribution in [0, 0.1) is 6.92 Å². The fourth-order valence-corrected chi connectivity index (χ4v) is 3.51. The van der Waals surface area contributed by atoms with Gasteiger partial charge in [-0.3, -0.25) is 4.57 Å².